The maximum Gasteiger partial charge on any atom is 0.197 e. The fourth-order valence-corrected chi connectivity index (χ4v) is 0.467. The van der Waals surface area contributed by atoms with Crippen LogP contribution in [0.4, 0.5) is 0 Å². The third-order valence-electron chi connectivity index (χ3n) is 0.784. The molecule has 1 aromatic rings. The fourth-order valence-electron chi connectivity index (χ4n) is 0.467. The van der Waals surface area contributed by atoms with Crippen LogP contribution in [0.3, 0.4) is 0 Å². The van der Waals surface area contributed by atoms with Gasteiger partial charge < -0.3 is 0 Å². The predicted molar refractivity (Wildman–Crippen MR) is 29.4 cm³/mol. The van der Waals surface area contributed by atoms with Crippen molar-refractivity contribution in [3.8, 4) is 6.19 Å². The van der Waals surface area contributed by atoms with Crippen molar-refractivity contribution in [3.63, 3.8) is 0 Å². The topological polar surface area (TPSA) is 40.8 Å². The van der Waals surface area contributed by atoms with Gasteiger partial charge >= 0.3 is 0 Å². The van der Waals surface area contributed by atoms with Gasteiger partial charge in [0.25, 0.3) is 0 Å². The minimum absolute atomic E-state index is 1.57. The molecule has 1 N–H and O–H groups in total. The van der Waals surface area contributed by atoms with Crippen molar-refractivity contribution >= 4 is 0 Å². The second-order valence-electron chi connectivity index (χ2n) is 1.31. The van der Waals surface area contributed by atoms with Gasteiger partial charge in [-0.05, 0) is 12.1 Å². The lowest BCUT2D eigenvalue weighted by molar-refractivity contribution is 0.973. The molecule has 0 saturated carbocycles. The number of nitriles is 1. The van der Waals surface area contributed by atoms with E-state index in [1.165, 1.54) is 0 Å². The largest absolute Gasteiger partial charge is 0.262 e. The number of aromatic nitrogens is 1. The Bertz CT molecular complexity index is 182. The molecule has 0 aliphatic rings. The lowest BCUT2D eigenvalue weighted by Gasteiger charge is -1.91. The van der Waals surface area contributed by atoms with Crippen LogP contribution in [0.2, 0.25) is 0 Å². The number of hydrogen-bond donors (Lipinski definition) is 1. The molecular weight excluding hydrogens is 102 g/mol. The number of hydrogen-bond acceptors (Lipinski definition) is 2. The summed E-state index contributed by atoms with van der Waals surface area (Å²) in [5.41, 5.74) is 2.41. The quantitative estimate of drug-likeness (QED) is 0.419. The summed E-state index contributed by atoms with van der Waals surface area (Å²) < 4.78 is 1.57. The molecule has 0 unspecified atom stereocenters. The molecule has 0 saturated heterocycles. The zero-order chi connectivity index (χ0) is 5.82. The molecule has 0 aromatic carbocycles. The zero-order valence-electron chi connectivity index (χ0n) is 4.20. The van der Waals surface area contributed by atoms with Gasteiger partial charge in [0.05, 0.1) is 0 Å². The lowest BCUT2D eigenvalue weighted by atomic mass is 10.7. The van der Waals surface area contributed by atoms with Crippen molar-refractivity contribution in [2.75, 3.05) is 5.43 Å². The number of rotatable bonds is 1. The van der Waals surface area contributed by atoms with Crippen LogP contribution >= 0.6 is 0 Å². The van der Waals surface area contributed by atoms with Crippen LogP contribution in [0.5, 0.6) is 0 Å². The molecule has 1 rings (SSSR count). The molecule has 0 radical (unpaired) electrons. The SMILES string of the molecule is N#CNn1cccc1. The summed E-state index contributed by atoms with van der Waals surface area (Å²) in [7, 11) is 0. The van der Waals surface area contributed by atoms with E-state index in [0.717, 1.165) is 0 Å². The van der Waals surface area contributed by atoms with Gasteiger partial charge in [-0.25, -0.2) is 5.43 Å². The van der Waals surface area contributed by atoms with Crippen molar-refractivity contribution < 1.29 is 0 Å². The van der Waals surface area contributed by atoms with Gasteiger partial charge in [-0.2, -0.15) is 5.26 Å². The highest BCUT2D eigenvalue weighted by Gasteiger charge is 1.77. The first-order valence-corrected chi connectivity index (χ1v) is 2.21. The average molecular weight is 107 g/mol. The van der Waals surface area contributed by atoms with E-state index in [1.54, 1.807) is 23.3 Å². The van der Waals surface area contributed by atoms with Gasteiger partial charge in [0.1, 0.15) is 0 Å². The van der Waals surface area contributed by atoms with Crippen LogP contribution in [0.1, 0.15) is 0 Å². The van der Waals surface area contributed by atoms with Crippen molar-refractivity contribution in [3.05, 3.63) is 24.5 Å². The first-order valence-electron chi connectivity index (χ1n) is 2.21. The maximum absolute atomic E-state index is 8.06. The van der Waals surface area contributed by atoms with Crippen LogP contribution in [0.15, 0.2) is 24.5 Å². The maximum atomic E-state index is 8.06. The Hall–Kier alpha value is -1.43. The van der Waals surface area contributed by atoms with E-state index in [0.29, 0.717) is 0 Å². The highest BCUT2D eigenvalue weighted by molar-refractivity contribution is 4.97. The summed E-state index contributed by atoms with van der Waals surface area (Å²) in [5, 5.41) is 8.06. The summed E-state index contributed by atoms with van der Waals surface area (Å²) in [6, 6.07) is 3.68. The van der Waals surface area contributed by atoms with E-state index in [-0.39, 0.29) is 0 Å². The molecular formula is C5H5N3. The lowest BCUT2D eigenvalue weighted by Crippen LogP contribution is -2.03. The monoisotopic (exact) mass is 107 g/mol. The van der Waals surface area contributed by atoms with E-state index in [2.05, 4.69) is 5.43 Å². The number of nitrogens with one attached hydrogen (secondary N) is 1. The molecule has 3 heteroatoms. The first kappa shape index (κ1) is 4.72. The van der Waals surface area contributed by atoms with E-state index in [4.69, 9.17) is 5.26 Å². The molecule has 0 aliphatic carbocycles. The molecule has 1 heterocycles. The van der Waals surface area contributed by atoms with E-state index in [1.807, 2.05) is 12.1 Å². The molecule has 8 heavy (non-hydrogen) atoms. The summed E-state index contributed by atoms with van der Waals surface area (Å²) in [4.78, 5) is 0. The molecule has 0 amide bonds. The summed E-state index contributed by atoms with van der Waals surface area (Å²) in [6.45, 7) is 0. The molecule has 0 aliphatic heterocycles. The third kappa shape index (κ3) is 0.793. The Morgan fingerprint density at radius 1 is 1.38 bits per heavy atom. The van der Waals surface area contributed by atoms with Crippen molar-refractivity contribution in [2.24, 2.45) is 0 Å². The Labute approximate surface area is 47.1 Å². The summed E-state index contributed by atoms with van der Waals surface area (Å²) >= 11 is 0. The molecule has 0 spiro atoms. The van der Waals surface area contributed by atoms with E-state index < -0.39 is 0 Å². The zero-order valence-corrected chi connectivity index (χ0v) is 4.20. The van der Waals surface area contributed by atoms with Gasteiger partial charge in [-0.15, -0.1) is 0 Å². The summed E-state index contributed by atoms with van der Waals surface area (Å²) in [6.07, 6.45) is 5.29. The first-order chi connectivity index (χ1) is 3.93. The second-order valence-corrected chi connectivity index (χ2v) is 1.31. The van der Waals surface area contributed by atoms with Gasteiger partial charge in [0.15, 0.2) is 6.19 Å². The van der Waals surface area contributed by atoms with Crippen LogP contribution in [-0.4, -0.2) is 4.68 Å². The van der Waals surface area contributed by atoms with Crippen molar-refractivity contribution in [1.82, 2.24) is 4.68 Å². The normalized spacial score (nSPS) is 7.88. The smallest absolute Gasteiger partial charge is 0.197 e. The number of nitrogens with zero attached hydrogens (tertiary/aromatic N) is 2. The predicted octanol–water partition coefficient (Wildman–Crippen LogP) is 0.513. The van der Waals surface area contributed by atoms with Gasteiger partial charge in [-0.1, -0.05) is 0 Å². The second kappa shape index (κ2) is 2.03. The Morgan fingerprint density at radius 3 is 2.50 bits per heavy atom. The van der Waals surface area contributed by atoms with Crippen molar-refractivity contribution in [1.29, 1.82) is 5.26 Å². The molecule has 0 atom stereocenters. The van der Waals surface area contributed by atoms with Crippen LogP contribution < -0.4 is 5.43 Å². The third-order valence-corrected chi connectivity index (χ3v) is 0.784. The molecule has 3 nitrogen and oxygen atoms in total. The van der Waals surface area contributed by atoms with Gasteiger partial charge in [0.2, 0.25) is 0 Å². The molecule has 0 fully saturated rings. The Morgan fingerprint density at radius 2 is 2.00 bits per heavy atom. The van der Waals surface area contributed by atoms with Crippen LogP contribution in [-0.2, 0) is 0 Å². The fraction of sp³-hybridized carbons (Fsp3) is 0. The van der Waals surface area contributed by atoms with Gasteiger partial charge in [0, 0.05) is 12.4 Å². The van der Waals surface area contributed by atoms with E-state index >= 15 is 0 Å². The minimum atomic E-state index is 1.57. The molecule has 1 aromatic heterocycles. The average Bonchev–Trinajstić information content (AvgIpc) is 2.19. The Balaban J connectivity index is 2.67. The minimum Gasteiger partial charge on any atom is -0.262 e. The highest BCUT2D eigenvalue weighted by atomic mass is 15.4. The standard InChI is InChI=1S/C5H5N3/c6-5-7-8-3-1-2-4-8/h1-4,7H. The van der Waals surface area contributed by atoms with Crippen LogP contribution in [0.25, 0.3) is 0 Å². The van der Waals surface area contributed by atoms with Crippen molar-refractivity contribution in [2.45, 2.75) is 0 Å². The van der Waals surface area contributed by atoms with Crippen LogP contribution in [0, 0.1) is 11.5 Å². The highest BCUT2D eigenvalue weighted by Crippen LogP contribution is 1.82. The summed E-state index contributed by atoms with van der Waals surface area (Å²) in [5.74, 6) is 0. The molecule has 0 bridgehead atoms. The Kier molecular flexibility index (Phi) is 1.20. The van der Waals surface area contributed by atoms with Gasteiger partial charge in [-0.3, -0.25) is 4.68 Å². The molecule has 40 valence electrons. The van der Waals surface area contributed by atoms with E-state index in [9.17, 15) is 0 Å².